The molecule has 0 aliphatic carbocycles. The van der Waals surface area contributed by atoms with Crippen LogP contribution in [-0.4, -0.2) is 23.6 Å². The van der Waals surface area contributed by atoms with Crippen molar-refractivity contribution >= 4 is 5.82 Å². The number of aryl methyl sites for hydroxylation is 1. The Morgan fingerprint density at radius 2 is 2.10 bits per heavy atom. The SMILES string of the molecule is CCc1cc(CNCC(C)C)cc(N2CCCC2(C)C)n1. The average molecular weight is 289 g/mol. The highest BCUT2D eigenvalue weighted by atomic mass is 15.3. The predicted molar refractivity (Wildman–Crippen MR) is 90.8 cm³/mol. The maximum atomic E-state index is 4.87. The van der Waals surface area contributed by atoms with E-state index in [0.717, 1.165) is 31.9 Å². The first kappa shape index (κ1) is 16.3. The molecule has 2 rings (SSSR count). The largest absolute Gasteiger partial charge is 0.351 e. The number of hydrogen-bond acceptors (Lipinski definition) is 3. The Morgan fingerprint density at radius 3 is 2.67 bits per heavy atom. The van der Waals surface area contributed by atoms with Gasteiger partial charge in [-0.15, -0.1) is 0 Å². The standard InChI is InChI=1S/C18H31N3/c1-6-16-10-15(13-19-12-14(2)3)11-17(20-16)21-9-7-8-18(21,4)5/h10-11,14,19H,6-9,12-13H2,1-5H3. The quantitative estimate of drug-likeness (QED) is 0.864. The summed E-state index contributed by atoms with van der Waals surface area (Å²) in [4.78, 5) is 7.36. The molecule has 2 heterocycles. The Kier molecular flexibility index (Phi) is 5.26. The zero-order valence-corrected chi connectivity index (χ0v) is 14.4. The number of pyridine rings is 1. The van der Waals surface area contributed by atoms with E-state index in [1.807, 2.05) is 0 Å². The second kappa shape index (κ2) is 6.78. The van der Waals surface area contributed by atoms with Gasteiger partial charge in [0.2, 0.25) is 0 Å². The summed E-state index contributed by atoms with van der Waals surface area (Å²) in [5, 5.41) is 3.54. The van der Waals surface area contributed by atoms with E-state index >= 15 is 0 Å². The van der Waals surface area contributed by atoms with Gasteiger partial charge < -0.3 is 10.2 Å². The van der Waals surface area contributed by atoms with Gasteiger partial charge >= 0.3 is 0 Å². The zero-order valence-electron chi connectivity index (χ0n) is 14.4. The lowest BCUT2D eigenvalue weighted by molar-refractivity contribution is 0.513. The minimum absolute atomic E-state index is 0.238. The third-order valence-corrected chi connectivity index (χ3v) is 4.35. The smallest absolute Gasteiger partial charge is 0.129 e. The monoisotopic (exact) mass is 289 g/mol. The molecule has 1 aromatic rings. The van der Waals surface area contributed by atoms with E-state index in [1.165, 1.54) is 24.1 Å². The van der Waals surface area contributed by atoms with Crippen LogP contribution in [0.25, 0.3) is 0 Å². The first-order valence-corrected chi connectivity index (χ1v) is 8.40. The highest BCUT2D eigenvalue weighted by Crippen LogP contribution is 2.33. The summed E-state index contributed by atoms with van der Waals surface area (Å²) in [7, 11) is 0. The molecule has 0 unspecified atom stereocenters. The molecule has 1 aliphatic rings. The van der Waals surface area contributed by atoms with E-state index < -0.39 is 0 Å². The number of nitrogens with zero attached hydrogens (tertiary/aromatic N) is 2. The summed E-state index contributed by atoms with van der Waals surface area (Å²) in [5.74, 6) is 1.85. The number of hydrogen-bond donors (Lipinski definition) is 1. The Bertz CT molecular complexity index is 466. The fraction of sp³-hybridized carbons (Fsp3) is 0.722. The molecular formula is C18H31N3. The van der Waals surface area contributed by atoms with Crippen LogP contribution >= 0.6 is 0 Å². The zero-order chi connectivity index (χ0) is 15.5. The van der Waals surface area contributed by atoms with Crippen LogP contribution in [-0.2, 0) is 13.0 Å². The van der Waals surface area contributed by atoms with Crippen molar-refractivity contribution in [3.8, 4) is 0 Å². The minimum Gasteiger partial charge on any atom is -0.351 e. The van der Waals surface area contributed by atoms with E-state index in [1.54, 1.807) is 0 Å². The fourth-order valence-electron chi connectivity index (χ4n) is 3.09. The molecule has 0 spiro atoms. The molecule has 0 bridgehead atoms. The number of rotatable bonds is 6. The molecule has 1 aliphatic heterocycles. The molecule has 3 heteroatoms. The van der Waals surface area contributed by atoms with Crippen molar-refractivity contribution in [2.75, 3.05) is 18.0 Å². The van der Waals surface area contributed by atoms with E-state index in [9.17, 15) is 0 Å². The molecule has 0 saturated carbocycles. The van der Waals surface area contributed by atoms with Gasteiger partial charge in [-0.3, -0.25) is 0 Å². The third-order valence-electron chi connectivity index (χ3n) is 4.35. The van der Waals surface area contributed by atoms with E-state index in [4.69, 9.17) is 4.98 Å². The van der Waals surface area contributed by atoms with E-state index in [0.29, 0.717) is 5.92 Å². The maximum absolute atomic E-state index is 4.87. The molecule has 0 radical (unpaired) electrons. The van der Waals surface area contributed by atoms with Gasteiger partial charge in [0, 0.05) is 24.3 Å². The molecular weight excluding hydrogens is 258 g/mol. The van der Waals surface area contributed by atoms with Crippen molar-refractivity contribution in [2.24, 2.45) is 5.92 Å². The van der Waals surface area contributed by atoms with Crippen LogP contribution in [0.5, 0.6) is 0 Å². The van der Waals surface area contributed by atoms with E-state index in [2.05, 4.69) is 57.0 Å². The molecule has 3 nitrogen and oxygen atoms in total. The van der Waals surface area contributed by atoms with Crippen molar-refractivity contribution in [1.29, 1.82) is 0 Å². The Balaban J connectivity index is 2.17. The van der Waals surface area contributed by atoms with Crippen LogP contribution in [0, 0.1) is 5.92 Å². The summed E-state index contributed by atoms with van der Waals surface area (Å²) in [6.07, 6.45) is 3.53. The normalized spacial score (nSPS) is 17.7. The molecule has 0 atom stereocenters. The Labute approximate surface area is 130 Å². The summed E-state index contributed by atoms with van der Waals surface area (Å²) in [6, 6.07) is 4.53. The van der Waals surface area contributed by atoms with Crippen LogP contribution < -0.4 is 10.2 Å². The van der Waals surface area contributed by atoms with Gasteiger partial charge in [0.25, 0.3) is 0 Å². The minimum atomic E-state index is 0.238. The molecule has 1 aromatic heterocycles. The first-order valence-electron chi connectivity index (χ1n) is 8.40. The van der Waals surface area contributed by atoms with Gasteiger partial charge in [0.1, 0.15) is 5.82 Å². The highest BCUT2D eigenvalue weighted by Gasteiger charge is 2.32. The molecule has 0 amide bonds. The Morgan fingerprint density at radius 1 is 1.33 bits per heavy atom. The summed E-state index contributed by atoms with van der Waals surface area (Å²) >= 11 is 0. The van der Waals surface area contributed by atoms with Crippen molar-refractivity contribution < 1.29 is 0 Å². The fourth-order valence-corrected chi connectivity index (χ4v) is 3.09. The topological polar surface area (TPSA) is 28.2 Å². The molecule has 0 aromatic carbocycles. The molecule has 21 heavy (non-hydrogen) atoms. The molecule has 1 N–H and O–H groups in total. The lowest BCUT2D eigenvalue weighted by Crippen LogP contribution is -2.38. The summed E-state index contributed by atoms with van der Waals surface area (Å²) in [6.45, 7) is 14.5. The molecule has 1 fully saturated rings. The number of anilines is 1. The lowest BCUT2D eigenvalue weighted by Gasteiger charge is -2.33. The third kappa shape index (κ3) is 4.19. The molecule has 118 valence electrons. The van der Waals surface area contributed by atoms with Crippen LogP contribution in [0.3, 0.4) is 0 Å². The molecule has 1 saturated heterocycles. The number of nitrogens with one attached hydrogen (secondary N) is 1. The van der Waals surface area contributed by atoms with Crippen LogP contribution in [0.1, 0.15) is 58.7 Å². The average Bonchev–Trinajstić information content (AvgIpc) is 2.77. The van der Waals surface area contributed by atoms with Gasteiger partial charge in [-0.05, 0) is 63.3 Å². The summed E-state index contributed by atoms with van der Waals surface area (Å²) in [5.41, 5.74) is 2.80. The Hall–Kier alpha value is -1.09. The van der Waals surface area contributed by atoms with Crippen molar-refractivity contribution in [1.82, 2.24) is 10.3 Å². The van der Waals surface area contributed by atoms with Crippen LogP contribution in [0.4, 0.5) is 5.82 Å². The van der Waals surface area contributed by atoms with Crippen LogP contribution in [0.2, 0.25) is 0 Å². The second-order valence-corrected chi connectivity index (χ2v) is 7.27. The van der Waals surface area contributed by atoms with E-state index in [-0.39, 0.29) is 5.54 Å². The highest BCUT2D eigenvalue weighted by molar-refractivity contribution is 5.46. The van der Waals surface area contributed by atoms with Crippen LogP contribution in [0.15, 0.2) is 12.1 Å². The van der Waals surface area contributed by atoms with Gasteiger partial charge in [0.15, 0.2) is 0 Å². The van der Waals surface area contributed by atoms with Gasteiger partial charge in [-0.2, -0.15) is 0 Å². The van der Waals surface area contributed by atoms with Gasteiger partial charge in [-0.1, -0.05) is 20.8 Å². The van der Waals surface area contributed by atoms with Crippen molar-refractivity contribution in [2.45, 2.75) is 66.0 Å². The predicted octanol–water partition coefficient (Wildman–Crippen LogP) is 3.77. The van der Waals surface area contributed by atoms with Gasteiger partial charge in [0.05, 0.1) is 0 Å². The first-order chi connectivity index (χ1) is 9.92. The maximum Gasteiger partial charge on any atom is 0.129 e. The lowest BCUT2D eigenvalue weighted by atomic mass is 10.0. The number of aromatic nitrogens is 1. The van der Waals surface area contributed by atoms with Crippen molar-refractivity contribution in [3.05, 3.63) is 23.4 Å². The summed E-state index contributed by atoms with van der Waals surface area (Å²) < 4.78 is 0. The second-order valence-electron chi connectivity index (χ2n) is 7.27. The van der Waals surface area contributed by atoms with Crippen molar-refractivity contribution in [3.63, 3.8) is 0 Å². The van der Waals surface area contributed by atoms with Gasteiger partial charge in [-0.25, -0.2) is 4.98 Å².